The van der Waals surface area contributed by atoms with Crippen LogP contribution in [0.3, 0.4) is 0 Å². The predicted molar refractivity (Wildman–Crippen MR) is 88.6 cm³/mol. The van der Waals surface area contributed by atoms with E-state index in [1.165, 1.54) is 41.7 Å². The molecule has 1 N–H and O–H groups in total. The van der Waals surface area contributed by atoms with E-state index in [9.17, 15) is 32.3 Å². The third-order valence-corrected chi connectivity index (χ3v) is 5.37. The molecule has 2 rings (SSSR count). The molecule has 0 heterocycles. The summed E-state index contributed by atoms with van der Waals surface area (Å²) in [5.74, 6) is -3.05. The highest BCUT2D eigenvalue weighted by Gasteiger charge is 2.49. The fourth-order valence-electron chi connectivity index (χ4n) is 2.77. The molecule has 0 radical (unpaired) electrons. The Hall–Kier alpha value is -2.55. The summed E-state index contributed by atoms with van der Waals surface area (Å²) in [5.41, 5.74) is -0.985. The van der Waals surface area contributed by atoms with Crippen molar-refractivity contribution < 1.29 is 41.8 Å². The van der Waals surface area contributed by atoms with Gasteiger partial charge in [0, 0.05) is 11.1 Å². The van der Waals surface area contributed by atoms with Crippen molar-refractivity contribution in [3.05, 3.63) is 59.7 Å². The van der Waals surface area contributed by atoms with Gasteiger partial charge in [-0.05, 0) is 19.7 Å². The SMILES string of the molecule is COc1ccccc1C(NC(=O)C(F)(F)F)(c1ccccc1OC)P(=O)([O-])[O-]. The Bertz CT molecular complexity index is 864. The average molecular weight is 417 g/mol. The number of hydrogen-bond acceptors (Lipinski definition) is 6. The number of rotatable bonds is 6. The summed E-state index contributed by atoms with van der Waals surface area (Å²) in [7, 11) is -3.77. The van der Waals surface area contributed by atoms with Crippen LogP contribution in [0.4, 0.5) is 13.2 Å². The molecule has 0 saturated carbocycles. The van der Waals surface area contributed by atoms with Crippen molar-refractivity contribution in [3.63, 3.8) is 0 Å². The molecule has 2 aromatic carbocycles. The molecule has 0 bridgehead atoms. The number of alkyl halides is 3. The van der Waals surface area contributed by atoms with Gasteiger partial charge in [0.15, 0.2) is 0 Å². The van der Waals surface area contributed by atoms with Crippen LogP contribution in [0, 0.1) is 0 Å². The first-order valence-corrected chi connectivity index (χ1v) is 9.21. The highest BCUT2D eigenvalue weighted by atomic mass is 31.2. The largest absolute Gasteiger partial charge is 0.809 e. The topological polar surface area (TPSA) is 111 Å². The van der Waals surface area contributed by atoms with E-state index in [-0.39, 0.29) is 11.5 Å². The highest BCUT2D eigenvalue weighted by Crippen LogP contribution is 2.57. The molecule has 2 aromatic rings. The number of carbonyl (C=O) groups excluding carboxylic acids is 1. The number of carbonyl (C=O) groups is 1. The van der Waals surface area contributed by atoms with E-state index in [0.717, 1.165) is 26.4 Å². The molecule has 28 heavy (non-hydrogen) atoms. The van der Waals surface area contributed by atoms with Crippen LogP contribution >= 0.6 is 7.60 Å². The molecule has 0 unspecified atom stereocenters. The van der Waals surface area contributed by atoms with Crippen LogP contribution in [0.1, 0.15) is 11.1 Å². The van der Waals surface area contributed by atoms with Gasteiger partial charge in [-0.25, -0.2) is 0 Å². The van der Waals surface area contributed by atoms with E-state index < -0.39 is 36.1 Å². The van der Waals surface area contributed by atoms with E-state index in [0.29, 0.717) is 0 Å². The quantitative estimate of drug-likeness (QED) is 0.714. The van der Waals surface area contributed by atoms with Crippen LogP contribution < -0.4 is 24.6 Å². The molecule has 152 valence electrons. The average Bonchev–Trinajstić information content (AvgIpc) is 2.64. The molecule has 0 atom stereocenters. The Morgan fingerprint density at radius 1 is 0.929 bits per heavy atom. The number of halogens is 3. The second kappa shape index (κ2) is 7.83. The van der Waals surface area contributed by atoms with Crippen molar-refractivity contribution in [2.24, 2.45) is 0 Å². The van der Waals surface area contributed by atoms with E-state index in [2.05, 4.69) is 0 Å². The first-order valence-electron chi connectivity index (χ1n) is 7.67. The van der Waals surface area contributed by atoms with Gasteiger partial charge in [0.1, 0.15) is 16.8 Å². The van der Waals surface area contributed by atoms with E-state index in [1.807, 2.05) is 0 Å². The van der Waals surface area contributed by atoms with Gasteiger partial charge >= 0.3 is 12.1 Å². The van der Waals surface area contributed by atoms with Crippen LogP contribution in [0.2, 0.25) is 0 Å². The van der Waals surface area contributed by atoms with Crippen molar-refractivity contribution in [2.45, 2.75) is 11.5 Å². The molecule has 0 aliphatic heterocycles. The van der Waals surface area contributed by atoms with Gasteiger partial charge in [0.2, 0.25) is 0 Å². The minimum atomic E-state index is -6.05. The minimum absolute atomic E-state index is 0.220. The van der Waals surface area contributed by atoms with Gasteiger partial charge in [-0.3, -0.25) is 4.79 Å². The van der Waals surface area contributed by atoms with Crippen LogP contribution in [0.25, 0.3) is 0 Å². The summed E-state index contributed by atoms with van der Waals surface area (Å²) in [4.78, 5) is 36.6. The van der Waals surface area contributed by atoms with Gasteiger partial charge in [-0.1, -0.05) is 36.4 Å². The van der Waals surface area contributed by atoms with Crippen LogP contribution in [-0.4, -0.2) is 26.3 Å². The molecule has 0 saturated heterocycles. The molecule has 11 heteroatoms. The lowest BCUT2D eigenvalue weighted by molar-refractivity contribution is -0.321. The molecular formula is C17H15F3NO6P-2. The number of hydrogen-bond donors (Lipinski definition) is 1. The van der Waals surface area contributed by atoms with Crippen LogP contribution in [0.5, 0.6) is 11.5 Å². The minimum Gasteiger partial charge on any atom is -0.809 e. The van der Waals surface area contributed by atoms with E-state index in [1.54, 1.807) is 0 Å². The highest BCUT2D eigenvalue weighted by molar-refractivity contribution is 7.50. The molecule has 0 aromatic heterocycles. The third-order valence-electron chi connectivity index (χ3n) is 3.96. The Labute approximate surface area is 158 Å². The summed E-state index contributed by atoms with van der Waals surface area (Å²) in [6, 6.07) is 10.1. The first kappa shape index (κ1) is 21.7. The van der Waals surface area contributed by atoms with Crippen molar-refractivity contribution in [1.82, 2.24) is 5.32 Å². The number of nitrogens with one attached hydrogen (secondary N) is 1. The maximum absolute atomic E-state index is 13.0. The molecule has 0 spiro atoms. The Balaban J connectivity index is 2.97. The lowest BCUT2D eigenvalue weighted by Crippen LogP contribution is -2.55. The number of para-hydroxylation sites is 2. The lowest BCUT2D eigenvalue weighted by Gasteiger charge is -2.51. The maximum Gasteiger partial charge on any atom is 0.471 e. The smallest absolute Gasteiger partial charge is 0.471 e. The fraction of sp³-hybridized carbons (Fsp3) is 0.235. The monoisotopic (exact) mass is 417 g/mol. The summed E-state index contributed by atoms with van der Waals surface area (Å²) in [6.45, 7) is 0. The molecular weight excluding hydrogens is 402 g/mol. The zero-order valence-electron chi connectivity index (χ0n) is 14.6. The van der Waals surface area contributed by atoms with E-state index >= 15 is 0 Å². The first-order chi connectivity index (χ1) is 13.0. The normalized spacial score (nSPS) is 12.4. The van der Waals surface area contributed by atoms with Crippen molar-refractivity contribution in [2.75, 3.05) is 14.2 Å². The maximum atomic E-state index is 13.0. The van der Waals surface area contributed by atoms with Gasteiger partial charge in [0.05, 0.1) is 14.2 Å². The molecule has 1 amide bonds. The second-order valence-corrected chi connectivity index (χ2v) is 7.23. The molecule has 0 aliphatic carbocycles. The summed E-state index contributed by atoms with van der Waals surface area (Å²) in [6.07, 6.45) is -5.45. The number of ether oxygens (including phenoxy) is 2. The van der Waals surface area contributed by atoms with E-state index in [4.69, 9.17) is 9.47 Å². The fourth-order valence-corrected chi connectivity index (χ4v) is 3.96. The third kappa shape index (κ3) is 3.84. The number of methoxy groups -OCH3 is 2. The van der Waals surface area contributed by atoms with Crippen molar-refractivity contribution in [3.8, 4) is 11.5 Å². The molecule has 0 aliphatic rings. The van der Waals surface area contributed by atoms with Gasteiger partial charge in [-0.15, -0.1) is 0 Å². The molecule has 7 nitrogen and oxygen atoms in total. The zero-order chi connectivity index (χ0) is 21.2. The Morgan fingerprint density at radius 3 is 1.64 bits per heavy atom. The Kier molecular flexibility index (Phi) is 6.08. The standard InChI is InChI=1S/C17H17F3NO6P/c1-26-13-9-5-3-7-11(13)16(28(23,24)25,21-15(22)17(18,19)20)12-8-4-6-10-14(12)27-2/h3-10H,1-2H3,(H,21,22)(H2,23,24,25)/p-2. The van der Waals surface area contributed by atoms with Crippen molar-refractivity contribution >= 4 is 13.5 Å². The number of amides is 1. The van der Waals surface area contributed by atoms with Gasteiger partial charge < -0.3 is 29.1 Å². The van der Waals surface area contributed by atoms with Crippen LogP contribution in [0.15, 0.2) is 48.5 Å². The molecule has 0 fully saturated rings. The van der Waals surface area contributed by atoms with Crippen molar-refractivity contribution in [1.29, 1.82) is 0 Å². The number of benzene rings is 2. The Morgan fingerprint density at radius 2 is 1.32 bits per heavy atom. The summed E-state index contributed by atoms with van der Waals surface area (Å²) >= 11 is 0. The van der Waals surface area contributed by atoms with Gasteiger partial charge in [0.25, 0.3) is 0 Å². The summed E-state index contributed by atoms with van der Waals surface area (Å²) in [5, 5.41) is -1.76. The zero-order valence-corrected chi connectivity index (χ0v) is 15.5. The summed E-state index contributed by atoms with van der Waals surface area (Å²) < 4.78 is 61.5. The predicted octanol–water partition coefficient (Wildman–Crippen LogP) is 1.50. The lowest BCUT2D eigenvalue weighted by atomic mass is 9.95. The van der Waals surface area contributed by atoms with Gasteiger partial charge in [-0.2, -0.15) is 13.2 Å². The second-order valence-electron chi connectivity index (χ2n) is 5.56. The van der Waals surface area contributed by atoms with Crippen LogP contribution in [-0.2, 0) is 14.6 Å².